The van der Waals surface area contributed by atoms with E-state index in [0.717, 1.165) is 0 Å². The molecule has 2 rings (SSSR count). The molecule has 3 N–H and O–H groups in total. The smallest absolute Gasteiger partial charge is 0.191 e. The molecule has 0 amide bonds. The van der Waals surface area contributed by atoms with Crippen LogP contribution in [-0.2, 0) is 5.60 Å². The minimum atomic E-state index is -1.18. The SMILES string of the molecule is CCNC(=NCC(C)(O)c1ccco1)NCC(C)Oc1ccccc1OC.I. The number of aliphatic imine (C=N–C) groups is 1. The molecule has 8 heteroatoms. The normalized spacial score (nSPS) is 14.4. The van der Waals surface area contributed by atoms with E-state index in [-0.39, 0.29) is 36.6 Å². The second-order valence-electron chi connectivity index (χ2n) is 6.41. The molecule has 7 nitrogen and oxygen atoms in total. The van der Waals surface area contributed by atoms with E-state index in [4.69, 9.17) is 13.9 Å². The average molecular weight is 503 g/mol. The molecule has 0 fully saturated rings. The van der Waals surface area contributed by atoms with Crippen LogP contribution in [0.2, 0.25) is 0 Å². The first-order chi connectivity index (χ1) is 13.0. The van der Waals surface area contributed by atoms with Gasteiger partial charge >= 0.3 is 0 Å². The summed E-state index contributed by atoms with van der Waals surface area (Å²) in [5, 5.41) is 16.9. The van der Waals surface area contributed by atoms with Crippen molar-refractivity contribution in [3.63, 3.8) is 0 Å². The summed E-state index contributed by atoms with van der Waals surface area (Å²) in [5.41, 5.74) is -1.18. The molecule has 156 valence electrons. The van der Waals surface area contributed by atoms with E-state index in [1.165, 1.54) is 6.26 Å². The number of nitrogens with zero attached hydrogens (tertiary/aromatic N) is 1. The number of methoxy groups -OCH3 is 1. The molecule has 0 aliphatic rings. The van der Waals surface area contributed by atoms with E-state index >= 15 is 0 Å². The quantitative estimate of drug-likeness (QED) is 0.277. The topological polar surface area (TPSA) is 88.3 Å². The Bertz CT molecular complexity index is 720. The highest BCUT2D eigenvalue weighted by atomic mass is 127. The molecule has 0 bridgehead atoms. The van der Waals surface area contributed by atoms with Crippen LogP contribution in [0.15, 0.2) is 52.1 Å². The van der Waals surface area contributed by atoms with Crippen LogP contribution in [0.5, 0.6) is 11.5 Å². The van der Waals surface area contributed by atoms with Crippen molar-refractivity contribution in [2.45, 2.75) is 32.5 Å². The second kappa shape index (κ2) is 11.8. The van der Waals surface area contributed by atoms with Crippen molar-refractivity contribution in [2.24, 2.45) is 4.99 Å². The van der Waals surface area contributed by atoms with Crippen molar-refractivity contribution in [2.75, 3.05) is 26.7 Å². The van der Waals surface area contributed by atoms with Gasteiger partial charge in [-0.2, -0.15) is 0 Å². The monoisotopic (exact) mass is 503 g/mol. The van der Waals surface area contributed by atoms with Crippen molar-refractivity contribution in [1.29, 1.82) is 0 Å². The predicted molar refractivity (Wildman–Crippen MR) is 121 cm³/mol. The Balaban J connectivity index is 0.00000392. The number of nitrogens with one attached hydrogen (secondary N) is 2. The number of ether oxygens (including phenoxy) is 2. The Morgan fingerprint density at radius 3 is 2.54 bits per heavy atom. The largest absolute Gasteiger partial charge is 0.493 e. The molecular formula is C20H30IN3O4. The third-order valence-corrected chi connectivity index (χ3v) is 3.90. The van der Waals surface area contributed by atoms with E-state index in [0.29, 0.717) is 36.3 Å². The maximum absolute atomic E-state index is 10.5. The maximum Gasteiger partial charge on any atom is 0.191 e. The van der Waals surface area contributed by atoms with Gasteiger partial charge in [-0.1, -0.05) is 12.1 Å². The van der Waals surface area contributed by atoms with Gasteiger partial charge in [0, 0.05) is 6.54 Å². The van der Waals surface area contributed by atoms with Crippen LogP contribution in [-0.4, -0.2) is 43.9 Å². The summed E-state index contributed by atoms with van der Waals surface area (Å²) >= 11 is 0. The van der Waals surface area contributed by atoms with Crippen molar-refractivity contribution >= 4 is 29.9 Å². The summed E-state index contributed by atoms with van der Waals surface area (Å²) in [6.07, 6.45) is 1.42. The fourth-order valence-electron chi connectivity index (χ4n) is 2.45. The lowest BCUT2D eigenvalue weighted by Gasteiger charge is -2.21. The summed E-state index contributed by atoms with van der Waals surface area (Å²) in [4.78, 5) is 4.46. The molecule has 1 aromatic carbocycles. The standard InChI is InChI=1S/C20H29N3O4.HI/c1-5-21-19(23-14-20(3,24)18-11-8-12-26-18)22-13-15(2)27-17-10-7-6-9-16(17)25-4;/h6-12,15,24H,5,13-14H2,1-4H3,(H2,21,22,23);1H. The minimum Gasteiger partial charge on any atom is -0.493 e. The number of halogens is 1. The lowest BCUT2D eigenvalue weighted by atomic mass is 10.0. The zero-order chi connectivity index (χ0) is 19.7. The fraction of sp³-hybridized carbons (Fsp3) is 0.450. The Hall–Kier alpha value is -1.94. The molecule has 0 saturated carbocycles. The first kappa shape index (κ1) is 24.1. The summed E-state index contributed by atoms with van der Waals surface area (Å²) in [6.45, 7) is 7.02. The highest BCUT2D eigenvalue weighted by molar-refractivity contribution is 14.0. The molecule has 0 aliphatic carbocycles. The van der Waals surface area contributed by atoms with E-state index in [9.17, 15) is 5.11 Å². The third kappa shape index (κ3) is 7.23. The van der Waals surface area contributed by atoms with Crippen molar-refractivity contribution in [3.8, 4) is 11.5 Å². The Morgan fingerprint density at radius 1 is 1.21 bits per heavy atom. The molecule has 1 heterocycles. The molecule has 0 spiro atoms. The summed E-state index contributed by atoms with van der Waals surface area (Å²) < 4.78 is 16.5. The van der Waals surface area contributed by atoms with E-state index in [1.807, 2.05) is 38.1 Å². The predicted octanol–water partition coefficient (Wildman–Crippen LogP) is 3.14. The van der Waals surface area contributed by atoms with Gasteiger partial charge in [-0.25, -0.2) is 4.99 Å². The number of rotatable bonds is 9. The molecule has 1 aromatic heterocycles. The van der Waals surface area contributed by atoms with Crippen LogP contribution in [0.3, 0.4) is 0 Å². The molecule has 28 heavy (non-hydrogen) atoms. The van der Waals surface area contributed by atoms with E-state index in [2.05, 4.69) is 15.6 Å². The zero-order valence-electron chi connectivity index (χ0n) is 16.8. The number of benzene rings is 1. The molecule has 2 unspecified atom stereocenters. The third-order valence-electron chi connectivity index (χ3n) is 3.90. The molecular weight excluding hydrogens is 473 g/mol. The summed E-state index contributed by atoms with van der Waals surface area (Å²) in [6, 6.07) is 11.0. The number of guanidine groups is 1. The van der Waals surface area contributed by atoms with Crippen LogP contribution in [0.1, 0.15) is 26.5 Å². The van der Waals surface area contributed by atoms with Crippen LogP contribution in [0, 0.1) is 0 Å². The van der Waals surface area contributed by atoms with Crippen LogP contribution in [0.4, 0.5) is 0 Å². The first-order valence-electron chi connectivity index (χ1n) is 9.04. The van der Waals surface area contributed by atoms with Gasteiger partial charge in [0.2, 0.25) is 0 Å². The molecule has 0 radical (unpaired) electrons. The lowest BCUT2D eigenvalue weighted by molar-refractivity contribution is 0.0437. The number of hydrogen-bond acceptors (Lipinski definition) is 5. The fourth-order valence-corrected chi connectivity index (χ4v) is 2.45. The van der Waals surface area contributed by atoms with Crippen molar-refractivity contribution < 1.29 is 19.0 Å². The zero-order valence-corrected chi connectivity index (χ0v) is 19.1. The Labute approximate surface area is 183 Å². The Kier molecular flexibility index (Phi) is 10.2. The van der Waals surface area contributed by atoms with Gasteiger partial charge in [-0.05, 0) is 45.0 Å². The Morgan fingerprint density at radius 2 is 1.93 bits per heavy atom. The molecule has 0 aliphatic heterocycles. The van der Waals surface area contributed by atoms with Gasteiger partial charge in [0.15, 0.2) is 17.5 Å². The van der Waals surface area contributed by atoms with Crippen LogP contribution in [0.25, 0.3) is 0 Å². The van der Waals surface area contributed by atoms with Crippen LogP contribution >= 0.6 is 24.0 Å². The maximum atomic E-state index is 10.5. The van der Waals surface area contributed by atoms with Gasteiger partial charge < -0.3 is 29.6 Å². The summed E-state index contributed by atoms with van der Waals surface area (Å²) in [7, 11) is 1.62. The highest BCUT2D eigenvalue weighted by Crippen LogP contribution is 2.26. The van der Waals surface area contributed by atoms with Gasteiger partial charge in [-0.3, -0.25) is 0 Å². The number of aliphatic hydroxyl groups is 1. The molecule has 0 saturated heterocycles. The number of furan rings is 1. The molecule has 2 atom stereocenters. The van der Waals surface area contributed by atoms with Gasteiger partial charge in [0.05, 0.1) is 26.5 Å². The number of hydrogen-bond donors (Lipinski definition) is 3. The highest BCUT2D eigenvalue weighted by Gasteiger charge is 2.26. The van der Waals surface area contributed by atoms with Crippen molar-refractivity contribution in [1.82, 2.24) is 10.6 Å². The average Bonchev–Trinajstić information content (AvgIpc) is 3.20. The number of para-hydroxylation sites is 2. The van der Waals surface area contributed by atoms with Gasteiger partial charge in [0.1, 0.15) is 17.5 Å². The van der Waals surface area contributed by atoms with Crippen LogP contribution < -0.4 is 20.1 Å². The van der Waals surface area contributed by atoms with E-state index in [1.54, 1.807) is 26.2 Å². The first-order valence-corrected chi connectivity index (χ1v) is 9.04. The second-order valence-corrected chi connectivity index (χ2v) is 6.41. The molecule has 2 aromatic rings. The van der Waals surface area contributed by atoms with E-state index < -0.39 is 5.60 Å². The minimum absolute atomic E-state index is 0. The van der Waals surface area contributed by atoms with Gasteiger partial charge in [-0.15, -0.1) is 24.0 Å². The van der Waals surface area contributed by atoms with Gasteiger partial charge in [0.25, 0.3) is 0 Å². The lowest BCUT2D eigenvalue weighted by Crippen LogP contribution is -2.42. The van der Waals surface area contributed by atoms with Crippen molar-refractivity contribution in [3.05, 3.63) is 48.4 Å². The summed E-state index contributed by atoms with van der Waals surface area (Å²) in [5.74, 6) is 2.46.